The molecule has 7 nitrogen and oxygen atoms in total. The van der Waals surface area contributed by atoms with Gasteiger partial charge in [-0.2, -0.15) is 5.01 Å². The Labute approximate surface area is 164 Å². The number of nitro groups is 1. The molecule has 1 aliphatic heterocycles. The van der Waals surface area contributed by atoms with Crippen LogP contribution in [0.15, 0.2) is 59.5 Å². The lowest BCUT2D eigenvalue weighted by molar-refractivity contribution is -0.385. The first-order valence-electron chi connectivity index (χ1n) is 7.80. The van der Waals surface area contributed by atoms with E-state index in [0.717, 1.165) is 22.3 Å². The van der Waals surface area contributed by atoms with Crippen molar-refractivity contribution in [1.82, 2.24) is 10.4 Å². The van der Waals surface area contributed by atoms with E-state index in [4.69, 9.17) is 12.2 Å². The normalized spacial score (nSPS) is 15.3. The first-order chi connectivity index (χ1) is 13.0. The minimum atomic E-state index is -0.524. The van der Waals surface area contributed by atoms with Crippen LogP contribution in [0.5, 0.6) is 0 Å². The zero-order valence-corrected chi connectivity index (χ0v) is 15.5. The fourth-order valence-electron chi connectivity index (χ4n) is 2.43. The number of para-hydroxylation sites is 1. The van der Waals surface area contributed by atoms with Gasteiger partial charge in [-0.25, -0.2) is 0 Å². The van der Waals surface area contributed by atoms with Crippen LogP contribution in [0.25, 0.3) is 6.08 Å². The van der Waals surface area contributed by atoms with E-state index in [0.29, 0.717) is 5.56 Å². The number of thiocarbonyl (C=S) groups is 1. The molecule has 0 spiro atoms. The second kappa shape index (κ2) is 8.11. The zero-order valence-electron chi connectivity index (χ0n) is 13.8. The summed E-state index contributed by atoms with van der Waals surface area (Å²) in [7, 11) is 0. The van der Waals surface area contributed by atoms with Crippen molar-refractivity contribution in [3.63, 3.8) is 0 Å². The number of hydrogen-bond donors (Lipinski definition) is 1. The minimum Gasteiger partial charge on any atom is -0.273 e. The summed E-state index contributed by atoms with van der Waals surface area (Å²) < 4.78 is 0.159. The highest BCUT2D eigenvalue weighted by molar-refractivity contribution is 8.26. The topological polar surface area (TPSA) is 92.6 Å². The summed E-state index contributed by atoms with van der Waals surface area (Å²) in [6, 6.07) is 15.2. The fraction of sp³-hybridized carbons (Fsp3) is 0.0556. The maximum Gasteiger partial charge on any atom is 0.285 e. The molecule has 0 bridgehead atoms. The average molecular weight is 399 g/mol. The van der Waals surface area contributed by atoms with Gasteiger partial charge in [-0.05, 0) is 29.9 Å². The number of rotatable bonds is 5. The van der Waals surface area contributed by atoms with Gasteiger partial charge in [0, 0.05) is 6.07 Å². The van der Waals surface area contributed by atoms with Crippen molar-refractivity contribution >= 4 is 51.9 Å². The van der Waals surface area contributed by atoms with E-state index >= 15 is 0 Å². The number of hydrogen-bond acceptors (Lipinski definition) is 6. The highest BCUT2D eigenvalue weighted by Crippen LogP contribution is 2.33. The second-order valence-electron chi connectivity index (χ2n) is 5.53. The third kappa shape index (κ3) is 4.39. The third-order valence-electron chi connectivity index (χ3n) is 3.66. The van der Waals surface area contributed by atoms with Crippen LogP contribution in [0.1, 0.15) is 11.1 Å². The van der Waals surface area contributed by atoms with E-state index in [1.807, 2.05) is 18.2 Å². The van der Waals surface area contributed by atoms with Crippen LogP contribution < -0.4 is 5.43 Å². The van der Waals surface area contributed by atoms with Gasteiger partial charge >= 0.3 is 0 Å². The molecule has 0 aliphatic carbocycles. The van der Waals surface area contributed by atoms with Crippen LogP contribution in [0.2, 0.25) is 0 Å². The van der Waals surface area contributed by atoms with Crippen LogP contribution in [-0.2, 0) is 16.0 Å². The third-order valence-corrected chi connectivity index (χ3v) is 4.96. The van der Waals surface area contributed by atoms with Gasteiger partial charge in [0.15, 0.2) is 4.32 Å². The molecule has 1 heterocycles. The Morgan fingerprint density at radius 1 is 1.19 bits per heavy atom. The Balaban J connectivity index is 1.75. The summed E-state index contributed by atoms with van der Waals surface area (Å²) in [4.78, 5) is 35.5. The predicted molar refractivity (Wildman–Crippen MR) is 106 cm³/mol. The van der Waals surface area contributed by atoms with Crippen LogP contribution in [-0.4, -0.2) is 26.1 Å². The monoisotopic (exact) mass is 399 g/mol. The highest BCUT2D eigenvalue weighted by atomic mass is 32.2. The van der Waals surface area contributed by atoms with Gasteiger partial charge in [-0.3, -0.25) is 25.1 Å². The number of thioether (sulfide) groups is 1. The first kappa shape index (κ1) is 18.7. The number of nitro benzene ring substituents is 1. The molecule has 0 saturated carbocycles. The molecule has 2 aromatic carbocycles. The van der Waals surface area contributed by atoms with Gasteiger partial charge < -0.3 is 0 Å². The molecule has 27 heavy (non-hydrogen) atoms. The van der Waals surface area contributed by atoms with Crippen molar-refractivity contribution in [2.75, 3.05) is 0 Å². The molecule has 0 unspecified atom stereocenters. The Kier molecular flexibility index (Phi) is 5.63. The first-order valence-corrected chi connectivity index (χ1v) is 9.03. The van der Waals surface area contributed by atoms with Crippen molar-refractivity contribution in [3.8, 4) is 0 Å². The van der Waals surface area contributed by atoms with E-state index in [1.54, 1.807) is 30.3 Å². The number of hydrazine groups is 1. The molecule has 0 aromatic heterocycles. The maximum absolute atomic E-state index is 12.6. The summed E-state index contributed by atoms with van der Waals surface area (Å²) in [5, 5.41) is 12.1. The smallest absolute Gasteiger partial charge is 0.273 e. The number of nitrogens with one attached hydrogen (secondary N) is 1. The van der Waals surface area contributed by atoms with Crippen molar-refractivity contribution in [2.24, 2.45) is 0 Å². The van der Waals surface area contributed by atoms with Gasteiger partial charge in [-0.1, -0.05) is 54.2 Å². The van der Waals surface area contributed by atoms with Crippen LogP contribution >= 0.6 is 24.0 Å². The van der Waals surface area contributed by atoms with E-state index < -0.39 is 10.8 Å². The summed E-state index contributed by atoms with van der Waals surface area (Å²) in [6.07, 6.45) is 1.50. The fourth-order valence-corrected chi connectivity index (χ4v) is 3.60. The van der Waals surface area contributed by atoms with Gasteiger partial charge in [0.2, 0.25) is 5.91 Å². The number of carbonyl (C=O) groups is 2. The van der Waals surface area contributed by atoms with Gasteiger partial charge in [-0.15, -0.1) is 0 Å². The summed E-state index contributed by atoms with van der Waals surface area (Å²) in [5.41, 5.74) is 3.47. The van der Waals surface area contributed by atoms with Crippen LogP contribution in [0, 0.1) is 10.1 Å². The van der Waals surface area contributed by atoms with Crippen molar-refractivity contribution in [3.05, 3.63) is 80.7 Å². The molecule has 0 radical (unpaired) electrons. The molecule has 2 aromatic rings. The quantitative estimate of drug-likeness (QED) is 0.360. The largest absolute Gasteiger partial charge is 0.285 e. The summed E-state index contributed by atoms with van der Waals surface area (Å²) in [6.45, 7) is 0. The van der Waals surface area contributed by atoms with E-state index in [-0.39, 0.29) is 27.2 Å². The zero-order chi connectivity index (χ0) is 19.4. The Morgan fingerprint density at radius 3 is 2.56 bits per heavy atom. The van der Waals surface area contributed by atoms with Crippen molar-refractivity contribution < 1.29 is 14.5 Å². The lowest BCUT2D eigenvalue weighted by atomic mass is 10.1. The molecule has 3 rings (SSSR count). The number of benzene rings is 2. The molecule has 1 aliphatic rings. The minimum absolute atomic E-state index is 0.0983. The standard InChI is InChI=1S/C18H13N3O4S2/c22-16(10-12-6-2-1-3-7-12)19-20-17(23)15(27-18(20)26)11-13-8-4-5-9-14(13)21(24)25/h1-9,11H,10H2,(H,19,22)/b15-11-. The van der Waals surface area contributed by atoms with Crippen LogP contribution in [0.3, 0.4) is 0 Å². The molecule has 1 N–H and O–H groups in total. The molecule has 136 valence electrons. The van der Waals surface area contributed by atoms with E-state index in [1.165, 1.54) is 12.1 Å². The Morgan fingerprint density at radius 2 is 1.85 bits per heavy atom. The Bertz CT molecular complexity index is 960. The van der Waals surface area contributed by atoms with E-state index in [2.05, 4.69) is 5.43 Å². The predicted octanol–water partition coefficient (Wildman–Crippen LogP) is 3.07. The SMILES string of the molecule is O=C(Cc1ccccc1)NN1C(=O)/C(=C/c2ccccc2[N+](=O)[O-])SC1=S. The lowest BCUT2D eigenvalue weighted by Crippen LogP contribution is -2.45. The number of carbonyl (C=O) groups excluding carboxylic acids is 2. The molecule has 1 saturated heterocycles. The van der Waals surface area contributed by atoms with E-state index in [9.17, 15) is 19.7 Å². The molecule has 1 fully saturated rings. The van der Waals surface area contributed by atoms with Crippen molar-refractivity contribution in [1.29, 1.82) is 0 Å². The summed E-state index contributed by atoms with van der Waals surface area (Å²) >= 11 is 6.13. The second-order valence-corrected chi connectivity index (χ2v) is 7.21. The number of nitrogens with zero attached hydrogens (tertiary/aromatic N) is 2. The summed E-state index contributed by atoms with van der Waals surface area (Å²) in [5.74, 6) is -0.908. The van der Waals surface area contributed by atoms with Gasteiger partial charge in [0.25, 0.3) is 11.6 Å². The molecule has 0 atom stereocenters. The average Bonchev–Trinajstić information content (AvgIpc) is 2.90. The molecular weight excluding hydrogens is 386 g/mol. The Hall–Kier alpha value is -3.04. The highest BCUT2D eigenvalue weighted by Gasteiger charge is 2.34. The van der Waals surface area contributed by atoms with Crippen LogP contribution in [0.4, 0.5) is 5.69 Å². The lowest BCUT2D eigenvalue weighted by Gasteiger charge is -2.15. The number of amides is 2. The van der Waals surface area contributed by atoms with Crippen molar-refractivity contribution in [2.45, 2.75) is 6.42 Å². The van der Waals surface area contributed by atoms with Gasteiger partial charge in [0.1, 0.15) is 0 Å². The maximum atomic E-state index is 12.6. The molecule has 9 heteroatoms. The van der Waals surface area contributed by atoms with Gasteiger partial charge in [0.05, 0.1) is 21.8 Å². The molecule has 2 amide bonds. The molecular formula is C18H13N3O4S2.